The van der Waals surface area contributed by atoms with Gasteiger partial charge in [-0.15, -0.1) is 0 Å². The third kappa shape index (κ3) is 5.50. The summed E-state index contributed by atoms with van der Waals surface area (Å²) in [5.41, 5.74) is 7.18. The van der Waals surface area contributed by atoms with Gasteiger partial charge in [-0.25, -0.2) is 0 Å². The van der Waals surface area contributed by atoms with Gasteiger partial charge in [-0.3, -0.25) is 9.69 Å². The van der Waals surface area contributed by atoms with Gasteiger partial charge in [-0.1, -0.05) is 30.3 Å². The predicted octanol–water partition coefficient (Wildman–Crippen LogP) is 2.03. The van der Waals surface area contributed by atoms with Crippen molar-refractivity contribution in [2.24, 2.45) is 11.7 Å². The van der Waals surface area contributed by atoms with Crippen LogP contribution in [-0.4, -0.2) is 63.7 Å². The maximum Gasteiger partial charge on any atom is 0.238 e. The SMILES string of the molecule is CC(C)(C)NC(=O)C1[C@H]2CCS[C@H]2CCN1C[C@@H](O)[C@@H](N)Cc1ccccc1. The molecule has 1 aromatic carbocycles. The molecule has 2 aliphatic rings. The Hall–Kier alpha value is -1.08. The van der Waals surface area contributed by atoms with Crippen molar-refractivity contribution in [3.8, 4) is 0 Å². The van der Waals surface area contributed by atoms with E-state index in [1.54, 1.807) is 0 Å². The van der Waals surface area contributed by atoms with Crippen LogP contribution in [-0.2, 0) is 11.2 Å². The van der Waals surface area contributed by atoms with Gasteiger partial charge in [0.05, 0.1) is 12.1 Å². The van der Waals surface area contributed by atoms with Gasteiger partial charge in [0.15, 0.2) is 0 Å². The van der Waals surface area contributed by atoms with Crippen LogP contribution in [0.4, 0.5) is 0 Å². The average molecular weight is 406 g/mol. The largest absolute Gasteiger partial charge is 0.390 e. The lowest BCUT2D eigenvalue weighted by Gasteiger charge is -2.43. The highest BCUT2D eigenvalue weighted by Crippen LogP contribution is 2.41. The first-order valence-corrected chi connectivity index (χ1v) is 11.4. The lowest BCUT2D eigenvalue weighted by molar-refractivity contribution is -0.132. The molecule has 28 heavy (non-hydrogen) atoms. The maximum absolute atomic E-state index is 13.1. The summed E-state index contributed by atoms with van der Waals surface area (Å²) in [7, 11) is 0. The summed E-state index contributed by atoms with van der Waals surface area (Å²) >= 11 is 2.00. The Morgan fingerprint density at radius 3 is 2.71 bits per heavy atom. The molecule has 1 aromatic rings. The van der Waals surface area contributed by atoms with Crippen molar-refractivity contribution in [1.29, 1.82) is 0 Å². The maximum atomic E-state index is 13.1. The molecule has 0 saturated carbocycles. The molecule has 0 aromatic heterocycles. The van der Waals surface area contributed by atoms with Crippen LogP contribution >= 0.6 is 11.8 Å². The minimum Gasteiger partial charge on any atom is -0.390 e. The van der Waals surface area contributed by atoms with Gasteiger partial charge < -0.3 is 16.2 Å². The number of fused-ring (bicyclic) bond motifs is 1. The van der Waals surface area contributed by atoms with Gasteiger partial charge in [-0.05, 0) is 57.3 Å². The van der Waals surface area contributed by atoms with Crippen LogP contribution in [0.3, 0.4) is 0 Å². The number of thioether (sulfide) groups is 1. The lowest BCUT2D eigenvalue weighted by atomic mass is 9.85. The van der Waals surface area contributed by atoms with Crippen LogP contribution in [0, 0.1) is 5.92 Å². The summed E-state index contributed by atoms with van der Waals surface area (Å²) in [6, 6.07) is 9.51. The topological polar surface area (TPSA) is 78.6 Å². The van der Waals surface area contributed by atoms with Gasteiger partial charge in [0.2, 0.25) is 5.91 Å². The second-order valence-corrected chi connectivity index (χ2v) is 10.6. The van der Waals surface area contributed by atoms with Crippen LogP contribution in [0.25, 0.3) is 0 Å². The Bertz CT molecular complexity index is 649. The van der Waals surface area contributed by atoms with Crippen molar-refractivity contribution in [2.75, 3.05) is 18.8 Å². The molecule has 2 saturated heterocycles. The highest BCUT2D eigenvalue weighted by atomic mass is 32.2. The summed E-state index contributed by atoms with van der Waals surface area (Å²) in [5, 5.41) is 14.5. The molecule has 6 heteroatoms. The molecule has 0 aliphatic carbocycles. The molecule has 3 rings (SSSR count). The minimum absolute atomic E-state index is 0.0912. The van der Waals surface area contributed by atoms with Gasteiger partial charge in [0.1, 0.15) is 0 Å². The normalized spacial score (nSPS) is 27.8. The molecule has 1 unspecified atom stereocenters. The predicted molar refractivity (Wildman–Crippen MR) is 116 cm³/mol. The van der Waals surface area contributed by atoms with Crippen molar-refractivity contribution < 1.29 is 9.90 Å². The minimum atomic E-state index is -0.657. The molecular formula is C22H35N3O2S. The second-order valence-electron chi connectivity index (χ2n) is 9.25. The second kappa shape index (κ2) is 9.16. The Morgan fingerprint density at radius 2 is 2.04 bits per heavy atom. The highest BCUT2D eigenvalue weighted by molar-refractivity contribution is 8.00. The smallest absolute Gasteiger partial charge is 0.238 e. The standard InChI is InChI=1S/C22H35N3O2S/c1-22(2,3)24-21(27)20-16-10-12-28-19(16)9-11-25(20)14-18(26)17(23)13-15-7-5-4-6-8-15/h4-8,16-20,26H,9-14,23H2,1-3H3,(H,24,27)/t16-,17-,18+,19-,20?/m0/s1. The van der Waals surface area contributed by atoms with E-state index in [9.17, 15) is 9.90 Å². The number of benzene rings is 1. The van der Waals surface area contributed by atoms with Crippen LogP contribution in [0.1, 0.15) is 39.2 Å². The third-order valence-electron chi connectivity index (χ3n) is 5.76. The molecule has 2 aliphatic heterocycles. The van der Waals surface area contributed by atoms with E-state index in [4.69, 9.17) is 5.73 Å². The summed E-state index contributed by atoms with van der Waals surface area (Å²) in [4.78, 5) is 15.3. The molecule has 5 nitrogen and oxygen atoms in total. The van der Waals surface area contributed by atoms with Gasteiger partial charge in [-0.2, -0.15) is 11.8 Å². The number of aliphatic hydroxyl groups excluding tert-OH is 1. The van der Waals surface area contributed by atoms with Crippen molar-refractivity contribution in [3.63, 3.8) is 0 Å². The fraction of sp³-hybridized carbons (Fsp3) is 0.682. The molecule has 2 fully saturated rings. The zero-order chi connectivity index (χ0) is 20.3. The number of nitrogens with one attached hydrogen (secondary N) is 1. The Morgan fingerprint density at radius 1 is 1.32 bits per heavy atom. The molecule has 0 bridgehead atoms. The number of carbonyl (C=O) groups is 1. The summed E-state index contributed by atoms with van der Waals surface area (Å²) in [6.07, 6.45) is 2.13. The molecule has 1 amide bonds. The Balaban J connectivity index is 1.68. The number of aliphatic hydroxyl groups is 1. The summed E-state index contributed by atoms with van der Waals surface area (Å²) in [5.74, 6) is 1.57. The van der Waals surface area contributed by atoms with E-state index < -0.39 is 6.10 Å². The van der Waals surface area contributed by atoms with E-state index in [0.717, 1.165) is 30.7 Å². The van der Waals surface area contributed by atoms with E-state index in [1.807, 2.05) is 62.9 Å². The Labute approximate surface area is 173 Å². The first-order valence-electron chi connectivity index (χ1n) is 10.4. The summed E-state index contributed by atoms with van der Waals surface area (Å²) < 4.78 is 0. The van der Waals surface area contributed by atoms with E-state index >= 15 is 0 Å². The number of amides is 1. The average Bonchev–Trinajstić information content (AvgIpc) is 3.09. The molecule has 2 heterocycles. The van der Waals surface area contributed by atoms with Crippen LogP contribution in [0.5, 0.6) is 0 Å². The van der Waals surface area contributed by atoms with Crippen molar-refractivity contribution in [2.45, 2.75) is 69.0 Å². The van der Waals surface area contributed by atoms with Gasteiger partial charge >= 0.3 is 0 Å². The molecule has 0 spiro atoms. The van der Waals surface area contributed by atoms with E-state index in [0.29, 0.717) is 24.1 Å². The first-order chi connectivity index (χ1) is 13.2. The number of hydrogen-bond donors (Lipinski definition) is 3. The van der Waals surface area contributed by atoms with Crippen molar-refractivity contribution >= 4 is 17.7 Å². The van der Waals surface area contributed by atoms with E-state index in [2.05, 4.69) is 10.2 Å². The van der Waals surface area contributed by atoms with Crippen molar-refractivity contribution in [1.82, 2.24) is 10.2 Å². The molecule has 5 atom stereocenters. The highest BCUT2D eigenvalue weighted by Gasteiger charge is 2.45. The van der Waals surface area contributed by atoms with E-state index in [-0.39, 0.29) is 23.5 Å². The number of β-amino-alcohol motifs (C(OH)–C–C–N with tert-alkyl or cyclic N) is 1. The number of nitrogens with two attached hydrogens (primary N) is 1. The van der Waals surface area contributed by atoms with Crippen LogP contribution in [0.15, 0.2) is 30.3 Å². The number of piperidine rings is 1. The van der Waals surface area contributed by atoms with Crippen LogP contribution in [0.2, 0.25) is 0 Å². The number of hydrogen-bond acceptors (Lipinski definition) is 5. The number of nitrogens with zero attached hydrogens (tertiary/aromatic N) is 1. The monoisotopic (exact) mass is 405 g/mol. The number of carbonyl (C=O) groups excluding carboxylic acids is 1. The van der Waals surface area contributed by atoms with Crippen molar-refractivity contribution in [3.05, 3.63) is 35.9 Å². The zero-order valence-electron chi connectivity index (χ0n) is 17.3. The first kappa shape index (κ1) is 21.6. The quantitative estimate of drug-likeness (QED) is 0.675. The Kier molecular flexibility index (Phi) is 7.07. The number of likely N-dealkylation sites (tertiary alicyclic amines) is 1. The zero-order valence-corrected chi connectivity index (χ0v) is 18.1. The fourth-order valence-corrected chi connectivity index (χ4v) is 5.95. The fourth-order valence-electron chi connectivity index (χ4n) is 4.43. The lowest BCUT2D eigenvalue weighted by Crippen LogP contribution is -2.61. The number of rotatable bonds is 6. The molecular weight excluding hydrogens is 370 g/mol. The molecule has 156 valence electrons. The third-order valence-corrected chi connectivity index (χ3v) is 7.24. The molecule has 4 N–H and O–H groups in total. The summed E-state index contributed by atoms with van der Waals surface area (Å²) in [6.45, 7) is 7.34. The molecule has 0 radical (unpaired) electrons. The van der Waals surface area contributed by atoms with Gasteiger partial charge in [0, 0.05) is 29.9 Å². The van der Waals surface area contributed by atoms with Crippen LogP contribution < -0.4 is 11.1 Å². The van der Waals surface area contributed by atoms with E-state index in [1.165, 1.54) is 0 Å². The van der Waals surface area contributed by atoms with Gasteiger partial charge in [0.25, 0.3) is 0 Å².